The fourth-order valence-electron chi connectivity index (χ4n) is 1.58. The highest BCUT2D eigenvalue weighted by Gasteiger charge is 2.41. The van der Waals surface area contributed by atoms with E-state index in [1.807, 2.05) is 0 Å². The minimum Gasteiger partial charge on any atom is -0.368 e. The van der Waals surface area contributed by atoms with E-state index in [2.05, 4.69) is 0 Å². The van der Waals surface area contributed by atoms with E-state index >= 15 is 0 Å². The van der Waals surface area contributed by atoms with Crippen LogP contribution in [0, 0.1) is 0 Å². The number of Topliss-reactive ketones (excluding diaryl/α,β-unsaturated/α-hetero) is 2. The molecule has 1 aliphatic carbocycles. The van der Waals surface area contributed by atoms with Gasteiger partial charge in [0.25, 0.3) is 0 Å². The van der Waals surface area contributed by atoms with Crippen LogP contribution >= 0.6 is 0 Å². The minimum atomic E-state index is -2.04. The van der Waals surface area contributed by atoms with E-state index in [9.17, 15) is 14.7 Å². The summed E-state index contributed by atoms with van der Waals surface area (Å²) in [4.78, 5) is 23.0. The summed E-state index contributed by atoms with van der Waals surface area (Å²) < 4.78 is 0. The Morgan fingerprint density at radius 2 is 1.79 bits per heavy atom. The lowest BCUT2D eigenvalue weighted by Gasteiger charge is -2.26. The Morgan fingerprint density at radius 1 is 1.21 bits per heavy atom. The summed E-state index contributed by atoms with van der Waals surface area (Å²) >= 11 is 0. The van der Waals surface area contributed by atoms with Crippen molar-refractivity contribution < 1.29 is 14.7 Å². The second-order valence-corrected chi connectivity index (χ2v) is 3.40. The van der Waals surface area contributed by atoms with Crippen molar-refractivity contribution in [3.8, 4) is 0 Å². The van der Waals surface area contributed by atoms with Crippen LogP contribution in [-0.4, -0.2) is 22.4 Å². The molecule has 0 spiro atoms. The predicted molar refractivity (Wildman–Crippen MR) is 48.9 cm³/mol. The van der Waals surface area contributed by atoms with Gasteiger partial charge in [-0.1, -0.05) is 24.3 Å². The molecular formula is C10H9NO3. The molecule has 3 N–H and O–H groups in total. The van der Waals surface area contributed by atoms with E-state index in [1.54, 1.807) is 18.2 Å². The van der Waals surface area contributed by atoms with E-state index in [0.29, 0.717) is 5.56 Å². The smallest absolute Gasteiger partial charge is 0.210 e. The topological polar surface area (TPSA) is 80.4 Å². The molecule has 0 fully saturated rings. The zero-order chi connectivity index (χ0) is 10.3. The Balaban J connectivity index is 2.63. The number of hydrogen-bond donors (Lipinski definition) is 2. The van der Waals surface area contributed by atoms with Crippen molar-refractivity contribution in [1.82, 2.24) is 0 Å². The standard InChI is InChI=1S/C10H9NO3/c11-10(14)5-8(12)6-3-1-2-4-7(6)9(10)13/h1-4,14H,5,11H2. The van der Waals surface area contributed by atoms with Crippen molar-refractivity contribution in [3.05, 3.63) is 35.4 Å². The van der Waals surface area contributed by atoms with Gasteiger partial charge in [-0.05, 0) is 0 Å². The lowest BCUT2D eigenvalue weighted by molar-refractivity contribution is 0.0272. The molecular weight excluding hydrogens is 182 g/mol. The van der Waals surface area contributed by atoms with Gasteiger partial charge in [0.2, 0.25) is 5.78 Å². The highest BCUT2D eigenvalue weighted by molar-refractivity contribution is 6.17. The van der Waals surface area contributed by atoms with Crippen molar-refractivity contribution in [2.24, 2.45) is 5.73 Å². The van der Waals surface area contributed by atoms with Gasteiger partial charge in [0.1, 0.15) is 0 Å². The van der Waals surface area contributed by atoms with Crippen molar-refractivity contribution in [2.75, 3.05) is 0 Å². The van der Waals surface area contributed by atoms with E-state index < -0.39 is 11.5 Å². The van der Waals surface area contributed by atoms with Crippen LogP contribution in [-0.2, 0) is 0 Å². The number of ketones is 2. The summed E-state index contributed by atoms with van der Waals surface area (Å²) in [6, 6.07) is 6.35. The molecule has 0 amide bonds. The molecule has 72 valence electrons. The first-order chi connectivity index (χ1) is 6.52. The van der Waals surface area contributed by atoms with E-state index in [1.165, 1.54) is 6.07 Å². The second-order valence-electron chi connectivity index (χ2n) is 3.40. The highest BCUT2D eigenvalue weighted by Crippen LogP contribution is 2.24. The van der Waals surface area contributed by atoms with Crippen molar-refractivity contribution in [1.29, 1.82) is 0 Å². The SMILES string of the molecule is NC1(O)CC(=O)c2ccccc2C1=O. The van der Waals surface area contributed by atoms with Crippen LogP contribution in [0.4, 0.5) is 0 Å². The largest absolute Gasteiger partial charge is 0.368 e. The zero-order valence-electron chi connectivity index (χ0n) is 7.36. The normalized spacial score (nSPS) is 26.1. The van der Waals surface area contributed by atoms with Crippen LogP contribution in [0.5, 0.6) is 0 Å². The summed E-state index contributed by atoms with van der Waals surface area (Å²) in [5, 5.41) is 9.47. The van der Waals surface area contributed by atoms with E-state index in [4.69, 9.17) is 5.73 Å². The first kappa shape index (κ1) is 9.05. The van der Waals surface area contributed by atoms with Gasteiger partial charge in [-0.2, -0.15) is 0 Å². The third kappa shape index (κ3) is 1.16. The fourth-order valence-corrected chi connectivity index (χ4v) is 1.58. The maximum Gasteiger partial charge on any atom is 0.210 e. The van der Waals surface area contributed by atoms with Gasteiger partial charge in [-0.3, -0.25) is 15.3 Å². The summed E-state index contributed by atoms with van der Waals surface area (Å²) in [6.45, 7) is 0. The molecule has 2 rings (SSSR count). The summed E-state index contributed by atoms with van der Waals surface area (Å²) in [6.07, 6.45) is -0.344. The third-order valence-corrected chi connectivity index (χ3v) is 2.30. The zero-order valence-corrected chi connectivity index (χ0v) is 7.36. The Morgan fingerprint density at radius 3 is 2.43 bits per heavy atom. The molecule has 0 saturated heterocycles. The quantitative estimate of drug-likeness (QED) is 0.570. The molecule has 0 heterocycles. The third-order valence-electron chi connectivity index (χ3n) is 2.30. The Labute approximate surface area is 80.3 Å². The van der Waals surface area contributed by atoms with Crippen LogP contribution in [0.1, 0.15) is 27.1 Å². The van der Waals surface area contributed by atoms with Gasteiger partial charge in [0, 0.05) is 11.1 Å². The van der Waals surface area contributed by atoms with Gasteiger partial charge < -0.3 is 5.11 Å². The average Bonchev–Trinajstić information content (AvgIpc) is 2.14. The molecule has 0 aliphatic heterocycles. The Kier molecular flexibility index (Phi) is 1.77. The number of rotatable bonds is 0. The molecule has 0 radical (unpaired) electrons. The first-order valence-corrected chi connectivity index (χ1v) is 4.20. The van der Waals surface area contributed by atoms with E-state index in [0.717, 1.165) is 0 Å². The minimum absolute atomic E-state index is 0.203. The Bertz CT molecular complexity index is 423. The molecule has 1 atom stereocenters. The first-order valence-electron chi connectivity index (χ1n) is 4.20. The van der Waals surface area contributed by atoms with Crippen molar-refractivity contribution in [3.63, 3.8) is 0 Å². The van der Waals surface area contributed by atoms with Crippen molar-refractivity contribution in [2.45, 2.75) is 12.1 Å². The lowest BCUT2D eigenvalue weighted by Crippen LogP contribution is -2.52. The highest BCUT2D eigenvalue weighted by atomic mass is 16.3. The summed E-state index contributed by atoms with van der Waals surface area (Å²) in [5.74, 6) is -0.891. The van der Waals surface area contributed by atoms with Gasteiger partial charge in [-0.25, -0.2) is 0 Å². The summed E-state index contributed by atoms with van der Waals surface area (Å²) in [5.41, 5.74) is 3.82. The number of nitrogens with two attached hydrogens (primary N) is 1. The van der Waals surface area contributed by atoms with Gasteiger partial charge in [-0.15, -0.1) is 0 Å². The van der Waals surface area contributed by atoms with Gasteiger partial charge >= 0.3 is 0 Å². The molecule has 0 aromatic heterocycles. The number of carbonyl (C=O) groups is 2. The van der Waals surface area contributed by atoms with Crippen LogP contribution in [0.3, 0.4) is 0 Å². The van der Waals surface area contributed by atoms with Gasteiger partial charge in [0.15, 0.2) is 11.5 Å². The van der Waals surface area contributed by atoms with E-state index in [-0.39, 0.29) is 17.8 Å². The predicted octanol–water partition coefficient (Wildman–Crippen LogP) is 0.103. The number of hydrogen-bond acceptors (Lipinski definition) is 4. The monoisotopic (exact) mass is 191 g/mol. The van der Waals surface area contributed by atoms with Crippen LogP contribution < -0.4 is 5.73 Å². The molecule has 0 bridgehead atoms. The molecule has 4 heteroatoms. The molecule has 4 nitrogen and oxygen atoms in total. The molecule has 1 aromatic rings. The van der Waals surface area contributed by atoms with Gasteiger partial charge in [0.05, 0.1) is 6.42 Å². The number of benzene rings is 1. The maximum absolute atomic E-state index is 11.6. The lowest BCUT2D eigenvalue weighted by atomic mass is 9.84. The average molecular weight is 191 g/mol. The summed E-state index contributed by atoms with van der Waals surface area (Å²) in [7, 11) is 0. The number of carbonyl (C=O) groups excluding carboxylic acids is 2. The maximum atomic E-state index is 11.6. The number of fused-ring (bicyclic) bond motifs is 1. The van der Waals surface area contributed by atoms with Crippen LogP contribution in [0.25, 0.3) is 0 Å². The molecule has 1 unspecified atom stereocenters. The van der Waals surface area contributed by atoms with Crippen molar-refractivity contribution >= 4 is 11.6 Å². The molecule has 1 aliphatic rings. The molecule has 14 heavy (non-hydrogen) atoms. The number of aliphatic hydroxyl groups is 1. The molecule has 1 aromatic carbocycles. The molecule has 0 saturated carbocycles. The second kappa shape index (κ2) is 2.73. The van der Waals surface area contributed by atoms with Crippen LogP contribution in [0.15, 0.2) is 24.3 Å². The fraction of sp³-hybridized carbons (Fsp3) is 0.200. The van der Waals surface area contributed by atoms with Crippen LogP contribution in [0.2, 0.25) is 0 Å². The Hall–Kier alpha value is -1.52.